The van der Waals surface area contributed by atoms with Crippen LogP contribution in [0.1, 0.15) is 59.1 Å². The molecule has 1 amide bonds. The van der Waals surface area contributed by atoms with Gasteiger partial charge in [0.1, 0.15) is 17.4 Å². The Kier molecular flexibility index (Phi) is 6.02. The lowest BCUT2D eigenvalue weighted by molar-refractivity contribution is 0.0697. The topological polar surface area (TPSA) is 77.0 Å². The highest BCUT2D eigenvalue weighted by atomic mass is 16.4. The molecule has 0 radical (unpaired) electrons. The van der Waals surface area contributed by atoms with Crippen molar-refractivity contribution in [2.75, 3.05) is 13.1 Å². The number of rotatable bonds is 6. The third kappa shape index (κ3) is 4.58. The van der Waals surface area contributed by atoms with E-state index in [1.54, 1.807) is 12.4 Å². The zero-order valence-electron chi connectivity index (χ0n) is 18.7. The summed E-state index contributed by atoms with van der Waals surface area (Å²) in [4.78, 5) is 28.4. The van der Waals surface area contributed by atoms with Crippen molar-refractivity contribution in [3.8, 4) is 5.82 Å². The number of hydrogen-bond acceptors (Lipinski definition) is 5. The summed E-state index contributed by atoms with van der Waals surface area (Å²) in [7, 11) is 0. The van der Waals surface area contributed by atoms with Crippen molar-refractivity contribution in [2.45, 2.75) is 38.5 Å². The van der Waals surface area contributed by atoms with Gasteiger partial charge in [0.15, 0.2) is 5.89 Å². The second kappa shape index (κ2) is 9.40. The molecule has 168 valence electrons. The van der Waals surface area contributed by atoms with E-state index in [0.29, 0.717) is 12.1 Å². The van der Waals surface area contributed by atoms with E-state index in [1.807, 2.05) is 52.2 Å². The molecule has 1 aliphatic heterocycles. The van der Waals surface area contributed by atoms with E-state index in [4.69, 9.17) is 4.42 Å². The van der Waals surface area contributed by atoms with Gasteiger partial charge in [-0.25, -0.2) is 15.0 Å². The molecule has 1 fully saturated rings. The zero-order chi connectivity index (χ0) is 22.6. The third-order valence-corrected chi connectivity index (χ3v) is 6.13. The summed E-state index contributed by atoms with van der Waals surface area (Å²) in [5, 5.41) is 0. The van der Waals surface area contributed by atoms with Crippen LogP contribution in [0.15, 0.2) is 71.7 Å². The van der Waals surface area contributed by atoms with E-state index >= 15 is 0 Å². The number of piperidine rings is 1. The van der Waals surface area contributed by atoms with Crippen LogP contribution < -0.4 is 0 Å². The maximum absolute atomic E-state index is 13.2. The minimum absolute atomic E-state index is 0.00355. The standard InChI is InChI=1S/C26H27N5O2/c1-2-23-27-12-14-31(23)24-11-10-20(16-28-24)26(32)30-13-6-9-21(18-30)25-29-17-22(33-25)15-19-7-4-3-5-8-19/h3-5,7-8,10-12,14,16-17,21H,2,6,9,13,15,18H2,1H3. The predicted molar refractivity (Wildman–Crippen MR) is 124 cm³/mol. The van der Waals surface area contributed by atoms with E-state index in [-0.39, 0.29) is 11.8 Å². The quantitative estimate of drug-likeness (QED) is 0.442. The van der Waals surface area contributed by atoms with Crippen LogP contribution in [0.25, 0.3) is 5.82 Å². The van der Waals surface area contributed by atoms with E-state index in [0.717, 1.165) is 55.5 Å². The number of pyridine rings is 1. The minimum Gasteiger partial charge on any atom is -0.445 e. The van der Waals surface area contributed by atoms with Crippen LogP contribution in [0.3, 0.4) is 0 Å². The van der Waals surface area contributed by atoms with Crippen molar-refractivity contribution in [3.05, 3.63) is 95.9 Å². The Morgan fingerprint density at radius 3 is 2.76 bits per heavy atom. The first-order valence-electron chi connectivity index (χ1n) is 11.5. The number of likely N-dealkylation sites (tertiary alicyclic amines) is 1. The minimum atomic E-state index is -0.00355. The van der Waals surface area contributed by atoms with Crippen molar-refractivity contribution < 1.29 is 9.21 Å². The monoisotopic (exact) mass is 441 g/mol. The van der Waals surface area contributed by atoms with Crippen LogP contribution in [0, 0.1) is 0 Å². The lowest BCUT2D eigenvalue weighted by Gasteiger charge is -2.31. The normalized spacial score (nSPS) is 16.2. The van der Waals surface area contributed by atoms with Gasteiger partial charge in [-0.2, -0.15) is 0 Å². The second-order valence-electron chi connectivity index (χ2n) is 8.39. The highest BCUT2D eigenvalue weighted by Crippen LogP contribution is 2.28. The largest absolute Gasteiger partial charge is 0.445 e. The number of aryl methyl sites for hydroxylation is 1. The van der Waals surface area contributed by atoms with Gasteiger partial charge in [-0.1, -0.05) is 37.3 Å². The Morgan fingerprint density at radius 2 is 1.97 bits per heavy atom. The average Bonchev–Trinajstić information content (AvgIpc) is 3.54. The zero-order valence-corrected chi connectivity index (χ0v) is 18.7. The van der Waals surface area contributed by atoms with Gasteiger partial charge in [0, 0.05) is 44.5 Å². The van der Waals surface area contributed by atoms with Crippen molar-refractivity contribution in [2.24, 2.45) is 0 Å². The summed E-state index contributed by atoms with van der Waals surface area (Å²) in [6.45, 7) is 3.39. The Balaban J connectivity index is 1.26. The molecule has 1 saturated heterocycles. The molecule has 7 nitrogen and oxygen atoms in total. The van der Waals surface area contributed by atoms with Gasteiger partial charge in [-0.15, -0.1) is 0 Å². The molecule has 3 aromatic heterocycles. The number of aromatic nitrogens is 4. The molecular formula is C26H27N5O2. The van der Waals surface area contributed by atoms with Gasteiger partial charge in [-0.3, -0.25) is 9.36 Å². The van der Waals surface area contributed by atoms with Crippen molar-refractivity contribution >= 4 is 5.91 Å². The summed E-state index contributed by atoms with van der Waals surface area (Å²) >= 11 is 0. The van der Waals surface area contributed by atoms with Gasteiger partial charge in [0.25, 0.3) is 5.91 Å². The molecule has 5 rings (SSSR count). The fourth-order valence-electron chi connectivity index (χ4n) is 4.40. The number of carbonyl (C=O) groups is 1. The van der Waals surface area contributed by atoms with Crippen molar-refractivity contribution in [1.29, 1.82) is 0 Å². The molecule has 1 aliphatic rings. The first-order valence-corrected chi connectivity index (χ1v) is 11.5. The molecule has 1 aromatic carbocycles. The van der Waals surface area contributed by atoms with Gasteiger partial charge < -0.3 is 9.32 Å². The van der Waals surface area contributed by atoms with Crippen LogP contribution in [0.2, 0.25) is 0 Å². The number of benzene rings is 1. The fraction of sp³-hybridized carbons (Fsp3) is 0.308. The molecule has 0 spiro atoms. The van der Waals surface area contributed by atoms with Crippen LogP contribution >= 0.6 is 0 Å². The molecule has 0 N–H and O–H groups in total. The maximum Gasteiger partial charge on any atom is 0.255 e. The Hall–Kier alpha value is -3.74. The number of carbonyl (C=O) groups excluding carboxylic acids is 1. The van der Waals surface area contributed by atoms with Crippen LogP contribution in [0.5, 0.6) is 0 Å². The predicted octanol–water partition coefficient (Wildman–Crippen LogP) is 4.43. The van der Waals surface area contributed by atoms with Crippen LogP contribution in [-0.4, -0.2) is 43.4 Å². The van der Waals surface area contributed by atoms with E-state index < -0.39 is 0 Å². The summed E-state index contributed by atoms with van der Waals surface area (Å²) in [5.41, 5.74) is 1.79. The molecule has 4 heterocycles. The highest BCUT2D eigenvalue weighted by molar-refractivity contribution is 5.94. The van der Waals surface area contributed by atoms with Crippen molar-refractivity contribution in [1.82, 2.24) is 24.4 Å². The Morgan fingerprint density at radius 1 is 1.09 bits per heavy atom. The highest BCUT2D eigenvalue weighted by Gasteiger charge is 2.28. The van der Waals surface area contributed by atoms with E-state index in [1.165, 1.54) is 5.56 Å². The smallest absolute Gasteiger partial charge is 0.255 e. The first-order chi connectivity index (χ1) is 16.2. The van der Waals surface area contributed by atoms with Gasteiger partial charge >= 0.3 is 0 Å². The summed E-state index contributed by atoms with van der Waals surface area (Å²) in [6.07, 6.45) is 10.5. The Labute approximate surface area is 193 Å². The number of oxazole rings is 1. The summed E-state index contributed by atoms with van der Waals surface area (Å²) in [6, 6.07) is 13.9. The number of imidazole rings is 1. The lowest BCUT2D eigenvalue weighted by Crippen LogP contribution is -2.39. The van der Waals surface area contributed by atoms with Crippen molar-refractivity contribution in [3.63, 3.8) is 0 Å². The molecule has 7 heteroatoms. The van der Waals surface area contributed by atoms with Gasteiger partial charge in [0.2, 0.25) is 0 Å². The third-order valence-electron chi connectivity index (χ3n) is 6.13. The fourth-order valence-corrected chi connectivity index (χ4v) is 4.40. The summed E-state index contributed by atoms with van der Waals surface area (Å²) < 4.78 is 8.01. The molecule has 1 unspecified atom stereocenters. The van der Waals surface area contributed by atoms with Gasteiger partial charge in [0.05, 0.1) is 17.7 Å². The molecule has 33 heavy (non-hydrogen) atoms. The molecule has 1 atom stereocenters. The van der Waals surface area contributed by atoms with E-state index in [2.05, 4.69) is 34.0 Å². The average molecular weight is 442 g/mol. The first kappa shape index (κ1) is 21.1. The lowest BCUT2D eigenvalue weighted by atomic mass is 9.97. The molecule has 0 saturated carbocycles. The van der Waals surface area contributed by atoms with Crippen LogP contribution in [-0.2, 0) is 12.8 Å². The maximum atomic E-state index is 13.2. The summed E-state index contributed by atoms with van der Waals surface area (Å²) in [5.74, 6) is 3.39. The number of hydrogen-bond donors (Lipinski definition) is 0. The number of nitrogens with zero attached hydrogens (tertiary/aromatic N) is 5. The van der Waals surface area contributed by atoms with E-state index in [9.17, 15) is 4.79 Å². The molecule has 0 bridgehead atoms. The molecular weight excluding hydrogens is 414 g/mol. The Bertz CT molecular complexity index is 1210. The SMILES string of the molecule is CCc1nccn1-c1ccc(C(=O)N2CCCC(c3ncc(Cc4ccccc4)o3)C2)cn1. The molecule has 0 aliphatic carbocycles. The van der Waals surface area contributed by atoms with Gasteiger partial charge in [-0.05, 0) is 30.5 Å². The molecule has 4 aromatic rings. The second-order valence-corrected chi connectivity index (χ2v) is 8.39. The van der Waals surface area contributed by atoms with Crippen LogP contribution in [0.4, 0.5) is 0 Å². The number of amides is 1.